The van der Waals surface area contributed by atoms with E-state index in [4.69, 9.17) is 18.9 Å². The van der Waals surface area contributed by atoms with Gasteiger partial charge in [0.25, 0.3) is 11.8 Å². The van der Waals surface area contributed by atoms with Gasteiger partial charge in [-0.2, -0.15) is 4.98 Å². The van der Waals surface area contributed by atoms with E-state index in [-0.39, 0.29) is 40.5 Å². The molecule has 12 nitrogen and oxygen atoms in total. The van der Waals surface area contributed by atoms with Crippen molar-refractivity contribution in [3.8, 4) is 23.1 Å². The average molecular weight is 687 g/mol. The highest BCUT2D eigenvalue weighted by molar-refractivity contribution is 6.06. The number of nitrogens with one attached hydrogen (secondary N) is 3. The maximum Gasteiger partial charge on any atom is 0.262 e. The summed E-state index contributed by atoms with van der Waals surface area (Å²) >= 11 is 0. The normalized spacial score (nSPS) is 14.5. The lowest BCUT2D eigenvalue weighted by Gasteiger charge is -2.29. The number of benzene rings is 3. The van der Waals surface area contributed by atoms with Gasteiger partial charge in [-0.25, -0.2) is 9.37 Å². The minimum atomic E-state index is -0.531. The zero-order valence-corrected chi connectivity index (χ0v) is 29.0. The maximum atomic E-state index is 15.1. The highest BCUT2D eigenvalue weighted by Crippen LogP contribution is 2.34. The van der Waals surface area contributed by atoms with Crippen molar-refractivity contribution in [2.24, 2.45) is 5.92 Å². The number of carbonyl (C=O) groups excluding carboxylic acids is 2. The molecule has 1 aromatic heterocycles. The van der Waals surface area contributed by atoms with Crippen molar-refractivity contribution < 1.29 is 32.9 Å². The van der Waals surface area contributed by atoms with Crippen LogP contribution in [-0.2, 0) is 4.74 Å². The van der Waals surface area contributed by atoms with Crippen molar-refractivity contribution in [2.75, 3.05) is 64.7 Å². The molecule has 50 heavy (non-hydrogen) atoms. The van der Waals surface area contributed by atoms with Crippen molar-refractivity contribution in [1.82, 2.24) is 20.2 Å². The minimum absolute atomic E-state index is 0.0323. The van der Waals surface area contributed by atoms with E-state index in [0.29, 0.717) is 42.6 Å². The van der Waals surface area contributed by atoms with Gasteiger partial charge in [0.1, 0.15) is 5.56 Å². The molecule has 3 aromatic carbocycles. The van der Waals surface area contributed by atoms with Crippen LogP contribution in [-0.4, -0.2) is 80.8 Å². The largest absolute Gasteiger partial charge is 0.493 e. The number of ether oxygens (including phenoxy) is 4. The van der Waals surface area contributed by atoms with Gasteiger partial charge in [0.15, 0.2) is 23.1 Å². The zero-order chi connectivity index (χ0) is 35.6. The Bertz CT molecular complexity index is 1800. The highest BCUT2D eigenvalue weighted by atomic mass is 19.1. The quantitative estimate of drug-likeness (QED) is 0.133. The van der Waals surface area contributed by atoms with Gasteiger partial charge >= 0.3 is 0 Å². The van der Waals surface area contributed by atoms with Gasteiger partial charge in [0.2, 0.25) is 11.8 Å². The molecule has 2 amide bonds. The van der Waals surface area contributed by atoms with Crippen molar-refractivity contribution in [3.63, 3.8) is 0 Å². The Morgan fingerprint density at radius 2 is 1.78 bits per heavy atom. The molecule has 1 aliphatic rings. The van der Waals surface area contributed by atoms with E-state index in [1.807, 2.05) is 32.0 Å². The number of likely N-dealkylation sites (tertiary alicyclic amines) is 1. The Labute approximate surface area is 291 Å². The topological polar surface area (TPSA) is 136 Å². The Kier molecular flexibility index (Phi) is 12.2. The molecule has 264 valence electrons. The molecular formula is C37H43FN6O6. The number of hydrogen-bond acceptors (Lipinski definition) is 10. The summed E-state index contributed by atoms with van der Waals surface area (Å²) in [7, 11) is 5.06. The number of carbonyl (C=O) groups is 2. The monoisotopic (exact) mass is 686 g/mol. The Balaban J connectivity index is 1.39. The standard InChI is InChI=1S/C37H43FN6O6/c1-23-8-6-9-24(2)33(23)42-35(46)28-20-40-37(41-27-12-14-30(29(38)19-27)49-22-25-10-7-16-44(3)21-25)43-36(28)50-31-13-11-26(18-32(31)48-5)34(45)39-15-17-47-4/h6,8-9,11-14,18-20,25H,7,10,15-17,21-22H2,1-5H3,(H,39,45)(H,42,46)(H,40,41,43). The molecule has 1 aliphatic heterocycles. The van der Waals surface area contributed by atoms with Gasteiger partial charge in [-0.3, -0.25) is 9.59 Å². The van der Waals surface area contributed by atoms with Crippen LogP contribution in [0.4, 0.5) is 21.7 Å². The predicted octanol–water partition coefficient (Wildman–Crippen LogP) is 6.13. The first-order valence-corrected chi connectivity index (χ1v) is 16.4. The van der Waals surface area contributed by atoms with Crippen molar-refractivity contribution >= 4 is 29.1 Å². The third kappa shape index (κ3) is 9.24. The van der Waals surface area contributed by atoms with Crippen LogP contribution >= 0.6 is 0 Å². The summed E-state index contributed by atoms with van der Waals surface area (Å²) in [6.45, 7) is 6.91. The summed E-state index contributed by atoms with van der Waals surface area (Å²) in [4.78, 5) is 37.4. The number of piperidine rings is 1. The van der Waals surface area contributed by atoms with Gasteiger partial charge in [0, 0.05) is 55.3 Å². The molecule has 1 fully saturated rings. The van der Waals surface area contributed by atoms with E-state index in [2.05, 4.69) is 37.9 Å². The maximum absolute atomic E-state index is 15.1. The lowest BCUT2D eigenvalue weighted by Crippen LogP contribution is -2.34. The number of para-hydroxylation sites is 1. The van der Waals surface area contributed by atoms with E-state index in [9.17, 15) is 9.59 Å². The summed E-state index contributed by atoms with van der Waals surface area (Å²) in [5, 5.41) is 8.69. The molecule has 13 heteroatoms. The minimum Gasteiger partial charge on any atom is -0.493 e. The first-order chi connectivity index (χ1) is 24.1. The Morgan fingerprint density at radius 1 is 1.00 bits per heavy atom. The zero-order valence-electron chi connectivity index (χ0n) is 29.0. The number of rotatable bonds is 14. The number of anilines is 3. The highest BCUT2D eigenvalue weighted by Gasteiger charge is 2.22. The number of aromatic nitrogens is 2. The van der Waals surface area contributed by atoms with Crippen LogP contribution in [0.2, 0.25) is 0 Å². The Hall–Kier alpha value is -5.27. The molecule has 1 atom stereocenters. The fourth-order valence-electron chi connectivity index (χ4n) is 5.66. The molecule has 0 aliphatic carbocycles. The second kappa shape index (κ2) is 16.9. The van der Waals surface area contributed by atoms with Gasteiger partial charge < -0.3 is 39.8 Å². The van der Waals surface area contributed by atoms with E-state index >= 15 is 4.39 Å². The molecule has 0 spiro atoms. The lowest BCUT2D eigenvalue weighted by molar-refractivity contribution is 0.0936. The summed E-state index contributed by atoms with van der Waals surface area (Å²) in [6.07, 6.45) is 3.47. The van der Waals surface area contributed by atoms with Crippen LogP contribution in [0.25, 0.3) is 0 Å². The van der Waals surface area contributed by atoms with Crippen LogP contribution in [0, 0.1) is 25.6 Å². The molecule has 2 heterocycles. The number of hydrogen-bond donors (Lipinski definition) is 3. The molecule has 1 unspecified atom stereocenters. The predicted molar refractivity (Wildman–Crippen MR) is 189 cm³/mol. The fraction of sp³-hybridized carbons (Fsp3) is 0.351. The van der Waals surface area contributed by atoms with Crippen LogP contribution in [0.3, 0.4) is 0 Å². The van der Waals surface area contributed by atoms with Gasteiger partial charge in [0.05, 0.1) is 20.3 Å². The molecule has 0 saturated carbocycles. The van der Waals surface area contributed by atoms with Gasteiger partial charge in [-0.1, -0.05) is 18.2 Å². The number of halogens is 1. The van der Waals surface area contributed by atoms with E-state index < -0.39 is 11.7 Å². The van der Waals surface area contributed by atoms with Crippen LogP contribution in [0.15, 0.2) is 60.8 Å². The van der Waals surface area contributed by atoms with Crippen molar-refractivity contribution in [2.45, 2.75) is 26.7 Å². The second-order valence-electron chi connectivity index (χ2n) is 12.2. The summed E-state index contributed by atoms with van der Waals surface area (Å²) in [6, 6.07) is 14.9. The number of aryl methyl sites for hydroxylation is 2. The fourth-order valence-corrected chi connectivity index (χ4v) is 5.66. The lowest BCUT2D eigenvalue weighted by atomic mass is 10.00. The third-order valence-corrected chi connectivity index (χ3v) is 8.33. The second-order valence-corrected chi connectivity index (χ2v) is 12.2. The average Bonchev–Trinajstić information content (AvgIpc) is 3.10. The molecule has 4 aromatic rings. The first-order valence-electron chi connectivity index (χ1n) is 16.4. The smallest absolute Gasteiger partial charge is 0.262 e. The third-order valence-electron chi connectivity index (χ3n) is 8.33. The number of nitrogens with zero attached hydrogens (tertiary/aromatic N) is 3. The van der Waals surface area contributed by atoms with Crippen LogP contribution in [0.5, 0.6) is 23.1 Å². The summed E-state index contributed by atoms with van der Waals surface area (Å²) < 4.78 is 37.6. The van der Waals surface area contributed by atoms with Crippen molar-refractivity contribution in [3.05, 3.63) is 88.9 Å². The molecular weight excluding hydrogens is 643 g/mol. The van der Waals surface area contributed by atoms with E-state index in [1.54, 1.807) is 31.4 Å². The van der Waals surface area contributed by atoms with E-state index in [1.165, 1.54) is 25.4 Å². The molecule has 3 N–H and O–H groups in total. The van der Waals surface area contributed by atoms with Crippen LogP contribution < -0.4 is 30.2 Å². The van der Waals surface area contributed by atoms with E-state index in [0.717, 1.165) is 37.1 Å². The summed E-state index contributed by atoms with van der Waals surface area (Å²) in [5.41, 5.74) is 3.14. The van der Waals surface area contributed by atoms with Gasteiger partial charge in [-0.05, 0) is 81.7 Å². The molecule has 0 bridgehead atoms. The molecule has 0 radical (unpaired) electrons. The van der Waals surface area contributed by atoms with Gasteiger partial charge in [-0.15, -0.1) is 0 Å². The summed E-state index contributed by atoms with van der Waals surface area (Å²) in [5.74, 6) is -0.468. The van der Waals surface area contributed by atoms with Crippen molar-refractivity contribution in [1.29, 1.82) is 0 Å². The number of amides is 2. The molecule has 1 saturated heterocycles. The van der Waals surface area contributed by atoms with Crippen LogP contribution in [0.1, 0.15) is 44.7 Å². The number of methoxy groups -OCH3 is 2. The molecule has 5 rings (SSSR count). The first kappa shape index (κ1) is 36.0. The Morgan fingerprint density at radius 3 is 2.50 bits per heavy atom. The SMILES string of the molecule is COCCNC(=O)c1ccc(Oc2nc(Nc3ccc(OCC4CCCN(C)C4)c(F)c3)ncc2C(=O)Nc2c(C)cccc2C)c(OC)c1.